The predicted molar refractivity (Wildman–Crippen MR) is 95.0 cm³/mol. The van der Waals surface area contributed by atoms with Crippen molar-refractivity contribution >= 4 is 18.3 Å². The number of nitrogens with two attached hydrogens (primary N) is 1. The molecule has 0 aliphatic heterocycles. The Hall–Kier alpha value is -2.04. The van der Waals surface area contributed by atoms with Crippen molar-refractivity contribution in [2.75, 3.05) is 13.2 Å². The van der Waals surface area contributed by atoms with Crippen molar-refractivity contribution in [3.05, 3.63) is 65.2 Å². The zero-order valence-electron chi connectivity index (χ0n) is 13.4. The third-order valence-corrected chi connectivity index (χ3v) is 3.41. The van der Waals surface area contributed by atoms with Gasteiger partial charge in [-0.05, 0) is 31.5 Å². The maximum Gasteiger partial charge on any atom is 0.241 e. The van der Waals surface area contributed by atoms with Crippen LogP contribution >= 0.6 is 12.4 Å². The zero-order valence-corrected chi connectivity index (χ0v) is 14.2. The average Bonchev–Trinajstić information content (AvgIpc) is 2.53. The number of carbonyl (C=O) groups is 1. The molecule has 5 heteroatoms. The Labute approximate surface area is 143 Å². The lowest BCUT2D eigenvalue weighted by Crippen LogP contribution is -2.36. The standard InChI is InChI=1S/C18H22N2O2.ClH/c1-13-3-7-15(8-4-13)17(19)18(21)20-11-12-22-16-9-5-14(2)6-10-16;/h3-10,17H,11-12,19H2,1-2H3,(H,20,21);1H. The first-order valence-corrected chi connectivity index (χ1v) is 7.35. The molecule has 0 aromatic heterocycles. The lowest BCUT2D eigenvalue weighted by molar-refractivity contribution is -0.122. The molecule has 0 fully saturated rings. The van der Waals surface area contributed by atoms with Crippen molar-refractivity contribution in [3.8, 4) is 5.75 Å². The molecule has 1 unspecified atom stereocenters. The first kappa shape index (κ1) is 19.0. The fourth-order valence-corrected chi connectivity index (χ4v) is 2.01. The second-order valence-corrected chi connectivity index (χ2v) is 5.34. The Bertz CT molecular complexity index is 612. The quantitative estimate of drug-likeness (QED) is 0.798. The smallest absolute Gasteiger partial charge is 0.241 e. The summed E-state index contributed by atoms with van der Waals surface area (Å²) in [7, 11) is 0. The third-order valence-electron chi connectivity index (χ3n) is 3.41. The summed E-state index contributed by atoms with van der Waals surface area (Å²) in [6.07, 6.45) is 0. The first-order valence-electron chi connectivity index (χ1n) is 7.35. The molecule has 0 saturated heterocycles. The monoisotopic (exact) mass is 334 g/mol. The van der Waals surface area contributed by atoms with E-state index in [0.717, 1.165) is 16.9 Å². The van der Waals surface area contributed by atoms with Gasteiger partial charge in [0.15, 0.2) is 0 Å². The van der Waals surface area contributed by atoms with Crippen molar-refractivity contribution in [2.45, 2.75) is 19.9 Å². The zero-order chi connectivity index (χ0) is 15.9. The molecule has 0 spiro atoms. The minimum atomic E-state index is -0.653. The van der Waals surface area contributed by atoms with Crippen molar-refractivity contribution in [2.24, 2.45) is 5.73 Å². The Morgan fingerprint density at radius 2 is 1.57 bits per heavy atom. The first-order chi connectivity index (χ1) is 10.6. The fraction of sp³-hybridized carbons (Fsp3) is 0.278. The van der Waals surface area contributed by atoms with Crippen LogP contribution in [0.3, 0.4) is 0 Å². The number of ether oxygens (including phenoxy) is 1. The summed E-state index contributed by atoms with van der Waals surface area (Å²) >= 11 is 0. The van der Waals surface area contributed by atoms with E-state index < -0.39 is 6.04 Å². The lowest BCUT2D eigenvalue weighted by atomic mass is 10.1. The summed E-state index contributed by atoms with van der Waals surface area (Å²) in [4.78, 5) is 12.0. The van der Waals surface area contributed by atoms with E-state index in [9.17, 15) is 4.79 Å². The van der Waals surface area contributed by atoms with Crippen LogP contribution in [0.25, 0.3) is 0 Å². The number of rotatable bonds is 6. The molecule has 0 bridgehead atoms. The molecule has 23 heavy (non-hydrogen) atoms. The van der Waals surface area contributed by atoms with Gasteiger partial charge < -0.3 is 15.8 Å². The van der Waals surface area contributed by atoms with Crippen LogP contribution in [0.5, 0.6) is 5.75 Å². The second-order valence-electron chi connectivity index (χ2n) is 5.34. The normalized spacial score (nSPS) is 11.3. The Balaban J connectivity index is 0.00000264. The van der Waals surface area contributed by atoms with Crippen LogP contribution in [0.1, 0.15) is 22.7 Å². The topological polar surface area (TPSA) is 64.3 Å². The highest BCUT2D eigenvalue weighted by Crippen LogP contribution is 2.12. The highest BCUT2D eigenvalue weighted by atomic mass is 35.5. The second kappa shape index (κ2) is 9.18. The van der Waals surface area contributed by atoms with Crippen LogP contribution in [0.2, 0.25) is 0 Å². The SMILES string of the molecule is Cc1ccc(OCCNC(=O)C(N)c2ccc(C)cc2)cc1.Cl. The van der Waals surface area contributed by atoms with Gasteiger partial charge in [0.25, 0.3) is 0 Å². The Morgan fingerprint density at radius 3 is 2.13 bits per heavy atom. The van der Waals surface area contributed by atoms with Crippen molar-refractivity contribution < 1.29 is 9.53 Å². The molecule has 3 N–H and O–H groups in total. The molecule has 0 aliphatic carbocycles. The molecular weight excluding hydrogens is 312 g/mol. The number of hydrogen-bond donors (Lipinski definition) is 2. The van der Waals surface area contributed by atoms with Crippen LogP contribution in [0.4, 0.5) is 0 Å². The molecular formula is C18H23ClN2O2. The van der Waals surface area contributed by atoms with E-state index in [0.29, 0.717) is 13.2 Å². The largest absolute Gasteiger partial charge is 0.492 e. The molecule has 1 atom stereocenters. The summed E-state index contributed by atoms with van der Waals surface area (Å²) in [6, 6.07) is 14.8. The van der Waals surface area contributed by atoms with Gasteiger partial charge in [-0.3, -0.25) is 4.79 Å². The molecule has 124 valence electrons. The number of halogens is 1. The van der Waals surface area contributed by atoms with E-state index in [1.54, 1.807) is 0 Å². The Morgan fingerprint density at radius 1 is 1.04 bits per heavy atom. The molecule has 0 aliphatic rings. The average molecular weight is 335 g/mol. The van der Waals surface area contributed by atoms with Gasteiger partial charge in [0.1, 0.15) is 18.4 Å². The minimum absolute atomic E-state index is 0. The summed E-state index contributed by atoms with van der Waals surface area (Å²) in [5.74, 6) is 0.596. The highest BCUT2D eigenvalue weighted by molar-refractivity contribution is 5.85. The molecule has 2 aromatic carbocycles. The number of hydrogen-bond acceptors (Lipinski definition) is 3. The van der Waals surface area contributed by atoms with Crippen LogP contribution in [-0.4, -0.2) is 19.1 Å². The predicted octanol–water partition coefficient (Wildman–Crippen LogP) is 2.92. The van der Waals surface area contributed by atoms with Gasteiger partial charge in [-0.2, -0.15) is 0 Å². The van der Waals surface area contributed by atoms with Gasteiger partial charge in [0.05, 0.1) is 6.54 Å². The molecule has 0 saturated carbocycles. The third kappa shape index (κ3) is 5.93. The Kier molecular flexibility index (Phi) is 7.59. The van der Waals surface area contributed by atoms with Crippen molar-refractivity contribution in [1.29, 1.82) is 0 Å². The minimum Gasteiger partial charge on any atom is -0.492 e. The van der Waals surface area contributed by atoms with E-state index in [4.69, 9.17) is 10.5 Å². The number of amides is 1. The van der Waals surface area contributed by atoms with E-state index >= 15 is 0 Å². The number of carbonyl (C=O) groups excluding carboxylic acids is 1. The van der Waals surface area contributed by atoms with Crippen LogP contribution in [0.15, 0.2) is 48.5 Å². The molecule has 2 aromatic rings. The molecule has 0 heterocycles. The molecule has 2 rings (SSSR count). The van der Waals surface area contributed by atoms with Gasteiger partial charge in [-0.25, -0.2) is 0 Å². The van der Waals surface area contributed by atoms with Gasteiger partial charge in [0.2, 0.25) is 5.91 Å². The van der Waals surface area contributed by atoms with Crippen LogP contribution in [-0.2, 0) is 4.79 Å². The van der Waals surface area contributed by atoms with Gasteiger partial charge >= 0.3 is 0 Å². The van der Waals surface area contributed by atoms with Crippen molar-refractivity contribution in [3.63, 3.8) is 0 Å². The van der Waals surface area contributed by atoms with E-state index in [1.165, 1.54) is 5.56 Å². The van der Waals surface area contributed by atoms with Crippen molar-refractivity contribution in [1.82, 2.24) is 5.32 Å². The number of nitrogens with one attached hydrogen (secondary N) is 1. The summed E-state index contributed by atoms with van der Waals surface area (Å²) in [5, 5.41) is 2.79. The van der Waals surface area contributed by atoms with E-state index in [-0.39, 0.29) is 18.3 Å². The van der Waals surface area contributed by atoms with Crippen LogP contribution < -0.4 is 15.8 Å². The fourth-order valence-electron chi connectivity index (χ4n) is 2.01. The maximum absolute atomic E-state index is 12.0. The maximum atomic E-state index is 12.0. The molecule has 0 radical (unpaired) electrons. The molecule has 4 nitrogen and oxygen atoms in total. The van der Waals surface area contributed by atoms with Gasteiger partial charge in [-0.15, -0.1) is 12.4 Å². The molecule has 1 amide bonds. The van der Waals surface area contributed by atoms with Gasteiger partial charge in [0, 0.05) is 0 Å². The van der Waals surface area contributed by atoms with E-state index in [1.807, 2.05) is 62.4 Å². The highest BCUT2D eigenvalue weighted by Gasteiger charge is 2.14. The van der Waals surface area contributed by atoms with Gasteiger partial charge in [-0.1, -0.05) is 47.5 Å². The summed E-state index contributed by atoms with van der Waals surface area (Å²) in [5.41, 5.74) is 9.08. The number of benzene rings is 2. The summed E-state index contributed by atoms with van der Waals surface area (Å²) < 4.78 is 5.56. The van der Waals surface area contributed by atoms with E-state index in [2.05, 4.69) is 5.32 Å². The van der Waals surface area contributed by atoms with Crippen LogP contribution in [0, 0.1) is 13.8 Å². The number of aryl methyl sites for hydroxylation is 2. The lowest BCUT2D eigenvalue weighted by Gasteiger charge is -2.13. The summed E-state index contributed by atoms with van der Waals surface area (Å²) in [6.45, 7) is 4.86.